The van der Waals surface area contributed by atoms with Gasteiger partial charge in [0.15, 0.2) is 0 Å². The van der Waals surface area contributed by atoms with E-state index in [4.69, 9.17) is 11.6 Å². The number of aromatic nitrogens is 1. The number of halogens is 1. The van der Waals surface area contributed by atoms with Gasteiger partial charge >= 0.3 is 0 Å². The highest BCUT2D eigenvalue weighted by Gasteiger charge is 2.09. The number of amides is 1. The van der Waals surface area contributed by atoms with Crippen molar-refractivity contribution in [2.75, 3.05) is 20.1 Å². The quantitative estimate of drug-likeness (QED) is 0.787. The van der Waals surface area contributed by atoms with Gasteiger partial charge in [0, 0.05) is 30.4 Å². The summed E-state index contributed by atoms with van der Waals surface area (Å²) in [4.78, 5) is 18.5. The predicted octanol–water partition coefficient (Wildman–Crippen LogP) is 2.76. The minimum absolute atomic E-state index is 0.0937. The molecule has 0 atom stereocenters. The van der Waals surface area contributed by atoms with Crippen molar-refractivity contribution in [2.24, 2.45) is 0 Å². The van der Waals surface area contributed by atoms with E-state index < -0.39 is 0 Å². The highest BCUT2D eigenvalue weighted by atomic mass is 35.5. The van der Waals surface area contributed by atoms with Gasteiger partial charge in [0.25, 0.3) is 5.91 Å². The maximum Gasteiger partial charge on any atom is 0.251 e. The molecule has 0 bridgehead atoms. The van der Waals surface area contributed by atoms with E-state index in [1.54, 1.807) is 6.07 Å². The molecule has 5 heteroatoms. The van der Waals surface area contributed by atoms with Gasteiger partial charge in [-0.15, -0.1) is 0 Å². The lowest BCUT2D eigenvalue weighted by Crippen LogP contribution is -2.36. The van der Waals surface area contributed by atoms with Crippen molar-refractivity contribution in [1.82, 2.24) is 15.2 Å². The Morgan fingerprint density at radius 1 is 1.45 bits per heavy atom. The zero-order valence-corrected chi connectivity index (χ0v) is 13.5. The van der Waals surface area contributed by atoms with Gasteiger partial charge in [-0.25, -0.2) is 4.98 Å². The molecule has 0 aliphatic rings. The summed E-state index contributed by atoms with van der Waals surface area (Å²) >= 11 is 5.96. The molecule has 0 fully saturated rings. The van der Waals surface area contributed by atoms with Gasteiger partial charge in [-0.05, 0) is 39.4 Å². The van der Waals surface area contributed by atoms with E-state index >= 15 is 0 Å². The van der Waals surface area contributed by atoms with E-state index in [2.05, 4.69) is 36.0 Å². The van der Waals surface area contributed by atoms with E-state index in [1.807, 2.05) is 13.1 Å². The maximum absolute atomic E-state index is 12.1. The monoisotopic (exact) mass is 297 g/mol. The molecule has 0 aliphatic carbocycles. The molecule has 0 radical (unpaired) electrons. The van der Waals surface area contributed by atoms with Crippen LogP contribution in [0, 0.1) is 0 Å². The molecule has 1 aromatic rings. The first-order chi connectivity index (χ1) is 9.43. The number of nitrogens with one attached hydrogen (secondary N) is 1. The molecular formula is C15H24ClN3O. The third kappa shape index (κ3) is 5.47. The van der Waals surface area contributed by atoms with Crippen molar-refractivity contribution in [2.45, 2.75) is 39.7 Å². The van der Waals surface area contributed by atoms with Crippen LogP contribution in [-0.4, -0.2) is 42.0 Å². The minimum atomic E-state index is -0.0937. The summed E-state index contributed by atoms with van der Waals surface area (Å²) in [6.07, 6.45) is 1.81. The van der Waals surface area contributed by atoms with Crippen molar-refractivity contribution in [3.8, 4) is 0 Å². The Hall–Kier alpha value is -1.13. The van der Waals surface area contributed by atoms with Crippen LogP contribution in [0.1, 0.15) is 43.2 Å². The molecule has 0 unspecified atom stereocenters. The molecule has 0 saturated carbocycles. The van der Waals surface area contributed by atoms with Crippen LogP contribution in [-0.2, 0) is 6.42 Å². The number of rotatable bonds is 7. The first-order valence-corrected chi connectivity index (χ1v) is 7.46. The van der Waals surface area contributed by atoms with Gasteiger partial charge in [-0.1, -0.05) is 24.9 Å². The fraction of sp³-hybridized carbons (Fsp3) is 0.600. The molecule has 1 heterocycles. The fourth-order valence-corrected chi connectivity index (χ4v) is 2.00. The third-order valence-corrected chi connectivity index (χ3v) is 3.44. The van der Waals surface area contributed by atoms with Crippen LogP contribution in [0.2, 0.25) is 5.15 Å². The predicted molar refractivity (Wildman–Crippen MR) is 83.3 cm³/mol. The van der Waals surface area contributed by atoms with Crippen molar-refractivity contribution in [3.63, 3.8) is 0 Å². The van der Waals surface area contributed by atoms with Gasteiger partial charge in [0.1, 0.15) is 5.15 Å². The highest BCUT2D eigenvalue weighted by Crippen LogP contribution is 2.12. The number of carbonyl (C=O) groups is 1. The van der Waals surface area contributed by atoms with Crippen molar-refractivity contribution in [1.29, 1.82) is 0 Å². The third-order valence-electron chi connectivity index (χ3n) is 3.25. The topological polar surface area (TPSA) is 45.2 Å². The number of aryl methyl sites for hydroxylation is 1. The summed E-state index contributed by atoms with van der Waals surface area (Å²) in [6.45, 7) is 7.77. The fourth-order valence-electron chi connectivity index (χ4n) is 1.77. The molecule has 1 N–H and O–H groups in total. The molecule has 20 heavy (non-hydrogen) atoms. The minimum Gasteiger partial charge on any atom is -0.351 e. The van der Waals surface area contributed by atoms with Gasteiger partial charge in [0.05, 0.1) is 0 Å². The zero-order chi connectivity index (χ0) is 15.1. The summed E-state index contributed by atoms with van der Waals surface area (Å²) < 4.78 is 0. The Bertz CT molecular complexity index is 449. The molecule has 0 aromatic carbocycles. The van der Waals surface area contributed by atoms with E-state index in [0.717, 1.165) is 25.1 Å². The lowest BCUT2D eigenvalue weighted by molar-refractivity contribution is 0.0948. The van der Waals surface area contributed by atoms with Gasteiger partial charge < -0.3 is 10.2 Å². The number of hydrogen-bond donors (Lipinski definition) is 1. The molecule has 0 saturated heterocycles. The Balaban J connectivity index is 2.59. The SMILES string of the molecule is CCCc1cc(C(=O)NCCN(C)C(C)C)cc(Cl)n1. The van der Waals surface area contributed by atoms with E-state index in [0.29, 0.717) is 23.3 Å². The van der Waals surface area contributed by atoms with Crippen molar-refractivity contribution >= 4 is 17.5 Å². The normalized spacial score (nSPS) is 11.2. The van der Waals surface area contributed by atoms with Gasteiger partial charge in [0.2, 0.25) is 0 Å². The standard InChI is InChI=1S/C15H24ClN3O/c1-5-6-13-9-12(10-14(16)18-13)15(20)17-7-8-19(4)11(2)3/h9-11H,5-8H2,1-4H3,(H,17,20). The highest BCUT2D eigenvalue weighted by molar-refractivity contribution is 6.29. The number of hydrogen-bond acceptors (Lipinski definition) is 3. The number of pyridine rings is 1. The van der Waals surface area contributed by atoms with E-state index in [9.17, 15) is 4.79 Å². The van der Waals surface area contributed by atoms with Crippen LogP contribution in [0.5, 0.6) is 0 Å². The number of nitrogens with zero attached hydrogens (tertiary/aromatic N) is 2. The van der Waals surface area contributed by atoms with Crippen LogP contribution < -0.4 is 5.32 Å². The molecule has 4 nitrogen and oxygen atoms in total. The van der Waals surface area contributed by atoms with Crippen LogP contribution in [0.3, 0.4) is 0 Å². The van der Waals surface area contributed by atoms with Crippen LogP contribution in [0.4, 0.5) is 0 Å². The summed E-state index contributed by atoms with van der Waals surface area (Å²) in [5.41, 5.74) is 1.45. The Morgan fingerprint density at radius 3 is 2.75 bits per heavy atom. The Labute approximate surface area is 126 Å². The second-order valence-corrected chi connectivity index (χ2v) is 5.64. The second kappa shape index (κ2) is 8.22. The molecule has 1 aromatic heterocycles. The van der Waals surface area contributed by atoms with E-state index in [-0.39, 0.29) is 5.91 Å². The van der Waals surface area contributed by atoms with Crippen molar-refractivity contribution in [3.05, 3.63) is 28.5 Å². The Kier molecular flexibility index (Phi) is 6.96. The van der Waals surface area contributed by atoms with Crippen LogP contribution in [0.15, 0.2) is 12.1 Å². The smallest absolute Gasteiger partial charge is 0.251 e. The number of carbonyl (C=O) groups excluding carboxylic acids is 1. The maximum atomic E-state index is 12.1. The largest absolute Gasteiger partial charge is 0.351 e. The second-order valence-electron chi connectivity index (χ2n) is 5.25. The van der Waals surface area contributed by atoms with Crippen LogP contribution >= 0.6 is 11.6 Å². The Morgan fingerprint density at radius 2 is 2.15 bits per heavy atom. The lowest BCUT2D eigenvalue weighted by atomic mass is 10.1. The molecule has 112 valence electrons. The summed E-state index contributed by atoms with van der Waals surface area (Å²) in [5.74, 6) is -0.0937. The zero-order valence-electron chi connectivity index (χ0n) is 12.7. The summed E-state index contributed by atoms with van der Waals surface area (Å²) in [6, 6.07) is 3.90. The summed E-state index contributed by atoms with van der Waals surface area (Å²) in [7, 11) is 2.04. The molecule has 0 spiro atoms. The average Bonchev–Trinajstić information content (AvgIpc) is 2.38. The lowest BCUT2D eigenvalue weighted by Gasteiger charge is -2.20. The molecular weight excluding hydrogens is 274 g/mol. The molecule has 0 aliphatic heterocycles. The van der Waals surface area contributed by atoms with Gasteiger partial charge in [-0.3, -0.25) is 4.79 Å². The molecule has 1 rings (SSSR count). The van der Waals surface area contributed by atoms with Crippen LogP contribution in [0.25, 0.3) is 0 Å². The number of likely N-dealkylation sites (N-methyl/N-ethyl adjacent to an activating group) is 1. The average molecular weight is 298 g/mol. The first kappa shape index (κ1) is 16.9. The summed E-state index contributed by atoms with van der Waals surface area (Å²) in [5, 5.41) is 3.29. The van der Waals surface area contributed by atoms with Crippen molar-refractivity contribution < 1.29 is 4.79 Å². The van der Waals surface area contributed by atoms with Gasteiger partial charge in [-0.2, -0.15) is 0 Å². The molecule has 1 amide bonds. The van der Waals surface area contributed by atoms with E-state index in [1.165, 1.54) is 0 Å². The first-order valence-electron chi connectivity index (χ1n) is 7.09.